The molecular formula is C27H42N7O17P3S-4. The van der Waals surface area contributed by atoms with Gasteiger partial charge in [-0.3, -0.25) is 28.1 Å². The van der Waals surface area contributed by atoms with Crippen LogP contribution in [0.2, 0.25) is 0 Å². The van der Waals surface area contributed by atoms with Crippen molar-refractivity contribution in [3.63, 3.8) is 0 Å². The fraction of sp³-hybridized carbons (Fsp3) is 0.704. The molecule has 1 saturated heterocycles. The van der Waals surface area contributed by atoms with E-state index in [9.17, 15) is 57.9 Å². The van der Waals surface area contributed by atoms with Crippen LogP contribution in [0, 0.1) is 5.41 Å². The smallest absolute Gasteiger partial charge is 0.274 e. The molecule has 2 aromatic rings. The number of anilines is 1. The van der Waals surface area contributed by atoms with Crippen molar-refractivity contribution in [3.8, 4) is 0 Å². The summed E-state index contributed by atoms with van der Waals surface area (Å²) >= 11 is 1.11. The summed E-state index contributed by atoms with van der Waals surface area (Å²) in [7, 11) is -17.6. The molecule has 2 aromatic heterocycles. The zero-order chi connectivity index (χ0) is 41.2. The number of phosphoric ester groups is 3. The van der Waals surface area contributed by atoms with Crippen LogP contribution >= 0.6 is 35.2 Å². The number of hydrogen-bond donors (Lipinski definition) is 5. The first-order valence-electron chi connectivity index (χ1n) is 16.5. The standard InChI is InChI=1S/C27H46N7O17P3S/c1-4-5-6-7-18(36)55-11-10-29-17(35)8-9-30-25(39)22(38)27(2,3)13-48-54(45,46)51-53(43,44)47-12-16-21(50-52(40,41)42)20(37)26(49-16)34-15-33-19-23(28)31-14-32-24(19)34/h14-16,20-22,26,37-38H,4-13H2,1-3H3,(H,29,35)(H,30,39)(H,43,44)(H,45,46)(H2,28,31,32)(H2,40,41,42)/p-4. The summed E-state index contributed by atoms with van der Waals surface area (Å²) in [6, 6.07) is 0. The normalized spacial score (nSPS) is 21.8. The van der Waals surface area contributed by atoms with Gasteiger partial charge in [0, 0.05) is 37.1 Å². The minimum absolute atomic E-state index is 0.0198. The van der Waals surface area contributed by atoms with Crippen molar-refractivity contribution >= 4 is 69.1 Å². The number of unbranched alkanes of at least 4 members (excludes halogenated alkanes) is 2. The van der Waals surface area contributed by atoms with Gasteiger partial charge in [-0.05, 0) is 6.42 Å². The van der Waals surface area contributed by atoms with Gasteiger partial charge in [0.05, 0.1) is 27.4 Å². The molecule has 0 radical (unpaired) electrons. The van der Waals surface area contributed by atoms with E-state index >= 15 is 0 Å². The van der Waals surface area contributed by atoms with E-state index < -0.39 is 84.6 Å². The third-order valence-corrected chi connectivity index (χ3v) is 11.7. The van der Waals surface area contributed by atoms with Crippen molar-refractivity contribution in [3.05, 3.63) is 12.7 Å². The second-order valence-electron chi connectivity index (χ2n) is 12.7. The number of fused-ring (bicyclic) bond motifs is 1. The molecule has 0 aromatic carbocycles. The first-order chi connectivity index (χ1) is 25.6. The van der Waals surface area contributed by atoms with Gasteiger partial charge in [0.1, 0.15) is 36.3 Å². The number of rotatable bonds is 23. The third-order valence-electron chi connectivity index (χ3n) is 7.72. The van der Waals surface area contributed by atoms with Crippen molar-refractivity contribution in [1.29, 1.82) is 0 Å². The minimum atomic E-state index is -5.91. The van der Waals surface area contributed by atoms with Crippen molar-refractivity contribution < 1.29 is 80.5 Å². The molecule has 7 unspecified atom stereocenters. The van der Waals surface area contributed by atoms with Crippen LogP contribution in [-0.2, 0) is 50.7 Å². The molecular weight excluding hydrogens is 819 g/mol. The summed E-state index contributed by atoms with van der Waals surface area (Å²) < 4.78 is 60.4. The van der Waals surface area contributed by atoms with Gasteiger partial charge in [-0.15, -0.1) is 0 Å². The molecule has 0 bridgehead atoms. The Morgan fingerprint density at radius 3 is 2.42 bits per heavy atom. The predicted molar refractivity (Wildman–Crippen MR) is 182 cm³/mol. The number of nitrogen functional groups attached to an aromatic ring is 1. The summed E-state index contributed by atoms with van der Waals surface area (Å²) in [6.45, 7) is 2.18. The number of phosphoric acid groups is 3. The number of ether oxygens (including phenoxy) is 1. The Labute approximate surface area is 318 Å². The second kappa shape index (κ2) is 20.3. The Kier molecular flexibility index (Phi) is 17.3. The van der Waals surface area contributed by atoms with Crippen LogP contribution in [0.5, 0.6) is 0 Å². The van der Waals surface area contributed by atoms with Crippen LogP contribution in [0.1, 0.15) is 59.1 Å². The van der Waals surface area contributed by atoms with Crippen molar-refractivity contribution in [2.75, 3.05) is 37.8 Å². The van der Waals surface area contributed by atoms with Gasteiger partial charge < -0.3 is 69.0 Å². The zero-order valence-electron chi connectivity index (χ0n) is 29.7. The average molecular weight is 862 g/mol. The van der Waals surface area contributed by atoms with Crippen LogP contribution in [0.4, 0.5) is 5.82 Å². The lowest BCUT2D eigenvalue weighted by Gasteiger charge is -2.36. The highest BCUT2D eigenvalue weighted by Gasteiger charge is 2.47. The number of aliphatic hydroxyl groups excluding tert-OH is 2. The molecule has 0 aliphatic carbocycles. The van der Waals surface area contributed by atoms with Crippen molar-refractivity contribution in [2.45, 2.75) is 83.5 Å². The highest BCUT2D eigenvalue weighted by atomic mass is 32.2. The molecule has 6 N–H and O–H groups in total. The summed E-state index contributed by atoms with van der Waals surface area (Å²) in [5.74, 6) is -1.15. The van der Waals surface area contributed by atoms with Crippen LogP contribution < -0.4 is 35.9 Å². The first kappa shape index (κ1) is 46.9. The average Bonchev–Trinajstić information content (AvgIpc) is 3.64. The molecule has 55 heavy (non-hydrogen) atoms. The van der Waals surface area contributed by atoms with Gasteiger partial charge in [0.2, 0.25) is 11.8 Å². The lowest BCUT2D eigenvalue weighted by Crippen LogP contribution is -2.46. The molecule has 1 fully saturated rings. The Bertz CT molecular complexity index is 1780. The van der Waals surface area contributed by atoms with E-state index in [2.05, 4.69) is 43.5 Å². The highest BCUT2D eigenvalue weighted by Crippen LogP contribution is 2.56. The number of nitrogens with two attached hydrogens (primary N) is 1. The second-order valence-corrected chi connectivity index (χ2v) is 17.9. The maximum atomic E-state index is 12.5. The molecule has 312 valence electrons. The number of aromatic nitrogens is 4. The van der Waals surface area contributed by atoms with E-state index in [0.29, 0.717) is 12.2 Å². The number of nitrogens with one attached hydrogen (secondary N) is 2. The Morgan fingerprint density at radius 1 is 1.05 bits per heavy atom. The topological polar surface area (TPSA) is 375 Å². The minimum Gasteiger partial charge on any atom is -0.790 e. The monoisotopic (exact) mass is 861 g/mol. The maximum Gasteiger partial charge on any atom is 0.274 e. The molecule has 0 spiro atoms. The van der Waals surface area contributed by atoms with E-state index in [1.807, 2.05) is 6.92 Å². The molecule has 28 heteroatoms. The Balaban J connectivity index is 1.49. The fourth-order valence-corrected chi connectivity index (χ4v) is 8.32. The number of carbonyl (C=O) groups is 3. The molecule has 7 atom stereocenters. The number of imidazole rings is 1. The van der Waals surface area contributed by atoms with E-state index in [0.717, 1.165) is 48.2 Å². The molecule has 1 aliphatic rings. The Morgan fingerprint density at radius 2 is 1.75 bits per heavy atom. The van der Waals surface area contributed by atoms with Gasteiger partial charge in [0.25, 0.3) is 15.6 Å². The molecule has 1 aliphatic heterocycles. The van der Waals surface area contributed by atoms with Gasteiger partial charge in [-0.25, -0.2) is 19.3 Å². The van der Waals surface area contributed by atoms with Gasteiger partial charge in [-0.1, -0.05) is 45.4 Å². The van der Waals surface area contributed by atoms with E-state index in [1.165, 1.54) is 13.8 Å². The lowest BCUT2D eigenvalue weighted by atomic mass is 9.87. The molecule has 3 heterocycles. The summed E-state index contributed by atoms with van der Waals surface area (Å²) in [6.07, 6.45) is -4.34. The van der Waals surface area contributed by atoms with Gasteiger partial charge in [0.15, 0.2) is 22.8 Å². The van der Waals surface area contributed by atoms with Crippen LogP contribution in [-0.4, -0.2) is 103 Å². The van der Waals surface area contributed by atoms with E-state index in [4.69, 9.17) is 10.5 Å². The number of hydrogen-bond acceptors (Lipinski definition) is 22. The lowest BCUT2D eigenvalue weighted by molar-refractivity contribution is -0.347. The molecule has 2 amide bonds. The fourth-order valence-electron chi connectivity index (χ4n) is 4.86. The predicted octanol–water partition coefficient (Wildman–Crippen LogP) is -2.28. The largest absolute Gasteiger partial charge is 0.790 e. The Hall–Kier alpha value is -2.44. The number of nitrogens with zero attached hydrogens (tertiary/aromatic N) is 4. The third kappa shape index (κ3) is 14.8. The number of aliphatic hydroxyl groups is 2. The van der Waals surface area contributed by atoms with Crippen LogP contribution in [0.25, 0.3) is 11.2 Å². The maximum absolute atomic E-state index is 12.5. The number of amides is 2. The number of carbonyl (C=O) groups excluding carboxylic acids is 3. The highest BCUT2D eigenvalue weighted by molar-refractivity contribution is 8.13. The molecule has 24 nitrogen and oxygen atoms in total. The summed E-state index contributed by atoms with van der Waals surface area (Å²) in [5.41, 5.74) is 4.08. The first-order valence-corrected chi connectivity index (χ1v) is 21.9. The van der Waals surface area contributed by atoms with E-state index in [-0.39, 0.29) is 41.6 Å². The van der Waals surface area contributed by atoms with Crippen molar-refractivity contribution in [2.24, 2.45) is 5.41 Å². The molecule has 3 rings (SSSR count). The molecule has 0 saturated carbocycles. The summed E-state index contributed by atoms with van der Waals surface area (Å²) in [4.78, 5) is 95.7. The van der Waals surface area contributed by atoms with E-state index in [1.54, 1.807) is 0 Å². The van der Waals surface area contributed by atoms with Crippen molar-refractivity contribution in [1.82, 2.24) is 30.2 Å². The van der Waals surface area contributed by atoms with Gasteiger partial charge >= 0.3 is 0 Å². The van der Waals surface area contributed by atoms with Crippen LogP contribution in [0.15, 0.2) is 12.7 Å². The van der Waals surface area contributed by atoms with Crippen LogP contribution in [0.3, 0.4) is 0 Å². The SMILES string of the molecule is CCCCCC(=O)SCCNC(=O)CCNC(=O)C(O)C(C)(C)COP(=O)([O-])OP(=O)([O-])OCC1OC(n2cnc3c(N)ncnc32)C(O)C1OP(=O)([O-])[O-]. The van der Waals surface area contributed by atoms with Gasteiger partial charge in [-0.2, -0.15) is 0 Å². The quantitative estimate of drug-likeness (QED) is 0.0580. The zero-order valence-corrected chi connectivity index (χ0v) is 33.2. The number of thioether (sulfide) groups is 1. The summed E-state index contributed by atoms with van der Waals surface area (Å²) in [5, 5.41) is 26.2.